The number of para-hydroxylation sites is 2. The minimum absolute atomic E-state index is 0.196. The minimum atomic E-state index is 0.196. The number of hydrogen-bond donors (Lipinski definition) is 0. The van der Waals surface area contributed by atoms with Crippen LogP contribution in [0, 0.1) is 5.92 Å². The molecule has 6 rings (SSSR count). The van der Waals surface area contributed by atoms with E-state index in [2.05, 4.69) is 45.0 Å². The largest absolute Gasteiger partial charge is 0.454 e. The Morgan fingerprint density at radius 3 is 2.50 bits per heavy atom. The number of piperazine rings is 1. The number of hydrogen-bond acceptors (Lipinski definition) is 5. The van der Waals surface area contributed by atoms with Crippen LogP contribution in [0.3, 0.4) is 0 Å². The second kappa shape index (κ2) is 9.49. The van der Waals surface area contributed by atoms with E-state index < -0.39 is 0 Å². The monoisotopic (exact) mass is 461 g/mol. The van der Waals surface area contributed by atoms with Gasteiger partial charge in [0.05, 0.1) is 5.69 Å². The van der Waals surface area contributed by atoms with Crippen LogP contribution in [-0.2, 0) is 11.2 Å². The van der Waals surface area contributed by atoms with E-state index in [1.807, 2.05) is 12.1 Å². The summed E-state index contributed by atoms with van der Waals surface area (Å²) < 4.78 is 11.3. The second-order valence-corrected chi connectivity index (χ2v) is 10.2. The molecular formula is C28H35N3O3. The van der Waals surface area contributed by atoms with Crippen molar-refractivity contribution < 1.29 is 14.3 Å². The van der Waals surface area contributed by atoms with E-state index in [4.69, 9.17) is 9.47 Å². The lowest BCUT2D eigenvalue weighted by molar-refractivity contribution is -0.124. The van der Waals surface area contributed by atoms with Gasteiger partial charge in [0.15, 0.2) is 11.5 Å². The Kier molecular flexibility index (Phi) is 6.08. The Labute approximate surface area is 202 Å². The third-order valence-corrected chi connectivity index (χ3v) is 8.11. The highest BCUT2D eigenvalue weighted by molar-refractivity contribution is 5.97. The number of ether oxygens (including phenoxy) is 2. The average molecular weight is 462 g/mol. The Morgan fingerprint density at radius 2 is 1.65 bits per heavy atom. The molecular weight excluding hydrogens is 426 g/mol. The molecule has 0 bridgehead atoms. The van der Waals surface area contributed by atoms with Crippen molar-refractivity contribution in [2.75, 3.05) is 49.3 Å². The van der Waals surface area contributed by atoms with E-state index in [0.29, 0.717) is 12.7 Å². The Hall–Kier alpha value is -2.73. The molecule has 4 aliphatic rings. The number of carbonyl (C=O) groups excluding carboxylic acids is 1. The van der Waals surface area contributed by atoms with Crippen LogP contribution in [-0.4, -0.2) is 56.4 Å². The van der Waals surface area contributed by atoms with Crippen molar-refractivity contribution >= 4 is 17.3 Å². The molecule has 1 saturated heterocycles. The van der Waals surface area contributed by atoms with Gasteiger partial charge in [0, 0.05) is 50.4 Å². The number of nitrogens with zero attached hydrogens (tertiary/aromatic N) is 3. The molecule has 3 aliphatic heterocycles. The minimum Gasteiger partial charge on any atom is -0.454 e. The van der Waals surface area contributed by atoms with Gasteiger partial charge < -0.3 is 19.3 Å². The molecule has 1 amide bonds. The summed E-state index contributed by atoms with van der Waals surface area (Å²) in [5, 5.41) is 0. The molecule has 2 aromatic carbocycles. The fourth-order valence-corrected chi connectivity index (χ4v) is 6.26. The van der Waals surface area contributed by atoms with E-state index in [-0.39, 0.29) is 12.0 Å². The van der Waals surface area contributed by atoms with Crippen LogP contribution in [0.4, 0.5) is 11.4 Å². The topological polar surface area (TPSA) is 45.3 Å². The summed E-state index contributed by atoms with van der Waals surface area (Å²) in [6.07, 6.45) is 7.87. The van der Waals surface area contributed by atoms with Crippen LogP contribution >= 0.6 is 0 Å². The summed E-state index contributed by atoms with van der Waals surface area (Å²) in [5.41, 5.74) is 3.62. The first-order chi connectivity index (χ1) is 16.8. The van der Waals surface area contributed by atoms with E-state index >= 15 is 0 Å². The molecule has 1 atom stereocenters. The number of amides is 1. The molecule has 1 aliphatic carbocycles. The van der Waals surface area contributed by atoms with Crippen molar-refractivity contribution in [1.82, 2.24) is 4.90 Å². The standard InChI is InChI=1S/C28H35N3O3/c32-28(22-8-2-1-3-9-22)31-23(14-13-21-7-4-5-10-24(21)31)19-29-15-17-30(18-16-29)25-11-6-12-26-27(25)34-20-33-26/h4-7,10-12,22-23H,1-3,8-9,13-20H2. The van der Waals surface area contributed by atoms with Gasteiger partial charge in [-0.1, -0.05) is 43.5 Å². The summed E-state index contributed by atoms with van der Waals surface area (Å²) in [4.78, 5) is 21.0. The molecule has 34 heavy (non-hydrogen) atoms. The number of anilines is 2. The zero-order valence-corrected chi connectivity index (χ0v) is 20.0. The highest BCUT2D eigenvalue weighted by Crippen LogP contribution is 2.41. The molecule has 0 aromatic heterocycles. The first-order valence-corrected chi connectivity index (χ1v) is 13.0. The molecule has 6 heteroatoms. The predicted octanol–water partition coefficient (Wildman–Crippen LogP) is 4.47. The van der Waals surface area contributed by atoms with Gasteiger partial charge in [-0.15, -0.1) is 0 Å². The lowest BCUT2D eigenvalue weighted by Gasteiger charge is -2.43. The van der Waals surface area contributed by atoms with Crippen LogP contribution in [0.15, 0.2) is 42.5 Å². The van der Waals surface area contributed by atoms with Gasteiger partial charge in [-0.3, -0.25) is 9.69 Å². The summed E-state index contributed by atoms with van der Waals surface area (Å²) in [7, 11) is 0. The maximum Gasteiger partial charge on any atom is 0.231 e. The molecule has 2 aromatic rings. The maximum absolute atomic E-state index is 13.8. The van der Waals surface area contributed by atoms with Crippen molar-refractivity contribution in [2.24, 2.45) is 5.92 Å². The van der Waals surface area contributed by atoms with E-state index in [1.54, 1.807) is 0 Å². The fraction of sp³-hybridized carbons (Fsp3) is 0.536. The average Bonchev–Trinajstić information content (AvgIpc) is 3.38. The SMILES string of the molecule is O=C(C1CCCCC1)N1c2ccccc2CCC1CN1CCN(c2cccc3c2OCO3)CC1. The highest BCUT2D eigenvalue weighted by Gasteiger charge is 2.36. The van der Waals surface area contributed by atoms with Crippen molar-refractivity contribution in [3.05, 3.63) is 48.0 Å². The number of benzene rings is 2. The van der Waals surface area contributed by atoms with Crippen molar-refractivity contribution in [1.29, 1.82) is 0 Å². The number of carbonyl (C=O) groups is 1. The van der Waals surface area contributed by atoms with Crippen LogP contribution < -0.4 is 19.3 Å². The number of rotatable bonds is 4. The molecule has 1 unspecified atom stereocenters. The van der Waals surface area contributed by atoms with Crippen LogP contribution in [0.25, 0.3) is 0 Å². The van der Waals surface area contributed by atoms with Gasteiger partial charge in [-0.05, 0) is 49.4 Å². The van der Waals surface area contributed by atoms with Crippen molar-refractivity contribution in [3.63, 3.8) is 0 Å². The second-order valence-electron chi connectivity index (χ2n) is 10.2. The Balaban J connectivity index is 1.15. The predicted molar refractivity (Wildman–Crippen MR) is 134 cm³/mol. The normalized spacial score (nSPS) is 23.1. The van der Waals surface area contributed by atoms with Crippen molar-refractivity contribution in [2.45, 2.75) is 51.0 Å². The van der Waals surface area contributed by atoms with Gasteiger partial charge in [0.1, 0.15) is 0 Å². The van der Waals surface area contributed by atoms with Crippen LogP contribution in [0.1, 0.15) is 44.1 Å². The lowest BCUT2D eigenvalue weighted by Crippen LogP contribution is -2.55. The fourth-order valence-electron chi connectivity index (χ4n) is 6.26. The smallest absolute Gasteiger partial charge is 0.231 e. The zero-order valence-electron chi connectivity index (χ0n) is 20.0. The molecule has 180 valence electrons. The summed E-state index contributed by atoms with van der Waals surface area (Å²) in [6, 6.07) is 15.0. The summed E-state index contributed by atoms with van der Waals surface area (Å²) in [6.45, 7) is 5.16. The molecule has 1 saturated carbocycles. The molecule has 6 nitrogen and oxygen atoms in total. The zero-order chi connectivity index (χ0) is 22.9. The van der Waals surface area contributed by atoms with E-state index in [1.165, 1.54) is 24.8 Å². The van der Waals surface area contributed by atoms with E-state index in [0.717, 1.165) is 81.3 Å². The molecule has 0 radical (unpaired) electrons. The highest BCUT2D eigenvalue weighted by atomic mass is 16.7. The number of fused-ring (bicyclic) bond motifs is 2. The maximum atomic E-state index is 13.8. The van der Waals surface area contributed by atoms with Crippen molar-refractivity contribution in [3.8, 4) is 11.5 Å². The molecule has 2 fully saturated rings. The third-order valence-electron chi connectivity index (χ3n) is 8.11. The van der Waals surface area contributed by atoms with E-state index in [9.17, 15) is 4.79 Å². The van der Waals surface area contributed by atoms with Gasteiger partial charge >= 0.3 is 0 Å². The van der Waals surface area contributed by atoms with Gasteiger partial charge in [0.25, 0.3) is 0 Å². The van der Waals surface area contributed by atoms with Gasteiger partial charge in [0.2, 0.25) is 12.7 Å². The Morgan fingerprint density at radius 1 is 0.853 bits per heavy atom. The van der Waals surface area contributed by atoms with Gasteiger partial charge in [-0.2, -0.15) is 0 Å². The summed E-state index contributed by atoms with van der Waals surface area (Å²) in [5.74, 6) is 2.29. The Bertz CT molecular complexity index is 1030. The molecule has 3 heterocycles. The quantitative estimate of drug-likeness (QED) is 0.673. The molecule has 0 spiro atoms. The number of aryl methyl sites for hydroxylation is 1. The third kappa shape index (κ3) is 4.13. The van der Waals surface area contributed by atoms with Crippen LogP contribution in [0.2, 0.25) is 0 Å². The first-order valence-electron chi connectivity index (χ1n) is 13.0. The lowest BCUT2D eigenvalue weighted by atomic mass is 9.86. The first kappa shape index (κ1) is 21.8. The van der Waals surface area contributed by atoms with Crippen LogP contribution in [0.5, 0.6) is 11.5 Å². The molecule has 0 N–H and O–H groups in total. The summed E-state index contributed by atoms with van der Waals surface area (Å²) >= 11 is 0. The van der Waals surface area contributed by atoms with Gasteiger partial charge in [-0.25, -0.2) is 0 Å².